The van der Waals surface area contributed by atoms with E-state index in [4.69, 9.17) is 9.84 Å². The summed E-state index contributed by atoms with van der Waals surface area (Å²) in [6.45, 7) is 4.02. The smallest absolute Gasteiger partial charge is 0.306 e. The molecule has 18 heavy (non-hydrogen) atoms. The molecule has 1 N–H and O–H groups in total. The molecule has 0 amide bonds. The predicted molar refractivity (Wildman–Crippen MR) is 72.1 cm³/mol. The normalized spacial score (nSPS) is 12.2. The van der Waals surface area contributed by atoms with E-state index in [9.17, 15) is 4.79 Å². The van der Waals surface area contributed by atoms with E-state index in [-0.39, 0.29) is 5.92 Å². The number of hydrogen-bond acceptors (Lipinski definition) is 2. The minimum atomic E-state index is -0.705. The summed E-state index contributed by atoms with van der Waals surface area (Å²) >= 11 is 0. The van der Waals surface area contributed by atoms with Crippen LogP contribution in [0.25, 0.3) is 0 Å². The van der Waals surface area contributed by atoms with E-state index >= 15 is 0 Å². The highest BCUT2D eigenvalue weighted by molar-refractivity contribution is 5.69. The van der Waals surface area contributed by atoms with Crippen LogP contribution < -0.4 is 4.74 Å². The molecular weight excluding hydrogens is 228 g/mol. The Bertz CT molecular complexity index is 399. The van der Waals surface area contributed by atoms with Gasteiger partial charge in [0.1, 0.15) is 5.75 Å². The van der Waals surface area contributed by atoms with Gasteiger partial charge in [-0.25, -0.2) is 0 Å². The first-order chi connectivity index (χ1) is 8.62. The fourth-order valence-electron chi connectivity index (χ4n) is 2.08. The summed E-state index contributed by atoms with van der Waals surface area (Å²) in [6, 6.07) is 6.14. The second-order valence-electron chi connectivity index (χ2n) is 4.48. The monoisotopic (exact) mass is 250 g/mol. The van der Waals surface area contributed by atoms with Crippen LogP contribution in [0.5, 0.6) is 5.75 Å². The Labute approximate surface area is 109 Å². The van der Waals surface area contributed by atoms with Gasteiger partial charge in [-0.3, -0.25) is 4.79 Å². The number of carboxylic acids is 1. The van der Waals surface area contributed by atoms with Crippen LogP contribution in [-0.2, 0) is 17.6 Å². The van der Waals surface area contributed by atoms with Gasteiger partial charge in [-0.1, -0.05) is 26.0 Å². The Morgan fingerprint density at radius 2 is 2.11 bits per heavy atom. The van der Waals surface area contributed by atoms with E-state index in [2.05, 4.69) is 19.1 Å². The molecular formula is C15H22O3. The van der Waals surface area contributed by atoms with Gasteiger partial charge in [-0.2, -0.15) is 0 Å². The van der Waals surface area contributed by atoms with Crippen LogP contribution in [0.4, 0.5) is 0 Å². The second-order valence-corrected chi connectivity index (χ2v) is 4.48. The number of methoxy groups -OCH3 is 1. The van der Waals surface area contributed by atoms with Gasteiger partial charge in [-0.05, 0) is 42.9 Å². The third-order valence-electron chi connectivity index (χ3n) is 3.36. The van der Waals surface area contributed by atoms with E-state index in [1.54, 1.807) is 7.11 Å². The fraction of sp³-hybridized carbons (Fsp3) is 0.533. The average molecular weight is 250 g/mol. The number of rotatable bonds is 7. The number of ether oxygens (including phenoxy) is 1. The summed E-state index contributed by atoms with van der Waals surface area (Å²) in [5.41, 5.74) is 2.37. The first-order valence-corrected chi connectivity index (χ1v) is 6.50. The molecule has 100 valence electrons. The Hall–Kier alpha value is -1.51. The molecule has 0 spiro atoms. The minimum Gasteiger partial charge on any atom is -0.496 e. The number of aryl methyl sites for hydroxylation is 2. The fourth-order valence-corrected chi connectivity index (χ4v) is 2.08. The SMILES string of the molecule is CCc1ccc(OC)c(CCC(CC)C(=O)O)c1. The first kappa shape index (κ1) is 14.6. The van der Waals surface area contributed by atoms with Gasteiger partial charge < -0.3 is 9.84 Å². The van der Waals surface area contributed by atoms with Crippen molar-refractivity contribution >= 4 is 5.97 Å². The van der Waals surface area contributed by atoms with Gasteiger partial charge in [0.15, 0.2) is 0 Å². The molecule has 0 bridgehead atoms. The lowest BCUT2D eigenvalue weighted by Crippen LogP contribution is -2.13. The molecule has 0 aliphatic carbocycles. The van der Waals surface area contributed by atoms with Crippen molar-refractivity contribution in [3.05, 3.63) is 29.3 Å². The Kier molecular flexibility index (Phi) is 5.69. The molecule has 1 unspecified atom stereocenters. The minimum absolute atomic E-state index is 0.264. The van der Waals surface area contributed by atoms with Crippen LogP contribution in [-0.4, -0.2) is 18.2 Å². The Morgan fingerprint density at radius 1 is 1.39 bits per heavy atom. The number of carbonyl (C=O) groups is 1. The van der Waals surface area contributed by atoms with Crippen molar-refractivity contribution in [2.45, 2.75) is 39.5 Å². The molecule has 3 heteroatoms. The first-order valence-electron chi connectivity index (χ1n) is 6.50. The van der Waals surface area contributed by atoms with Gasteiger partial charge in [-0.15, -0.1) is 0 Å². The van der Waals surface area contributed by atoms with Crippen molar-refractivity contribution in [1.82, 2.24) is 0 Å². The Balaban J connectivity index is 2.78. The molecule has 1 aromatic rings. The Morgan fingerprint density at radius 3 is 2.61 bits per heavy atom. The molecule has 0 fully saturated rings. The zero-order valence-corrected chi connectivity index (χ0v) is 11.4. The van der Waals surface area contributed by atoms with Crippen molar-refractivity contribution in [3.63, 3.8) is 0 Å². The van der Waals surface area contributed by atoms with Gasteiger partial charge in [0.25, 0.3) is 0 Å². The van der Waals surface area contributed by atoms with Crippen LogP contribution in [0, 0.1) is 5.92 Å². The number of carboxylic acid groups (broad SMARTS) is 1. The molecule has 1 aromatic carbocycles. The van der Waals surface area contributed by atoms with Crippen LogP contribution in [0.15, 0.2) is 18.2 Å². The van der Waals surface area contributed by atoms with Crippen molar-refractivity contribution in [2.24, 2.45) is 5.92 Å². The lowest BCUT2D eigenvalue weighted by molar-refractivity contribution is -0.142. The third-order valence-corrected chi connectivity index (χ3v) is 3.36. The van der Waals surface area contributed by atoms with Crippen LogP contribution in [0.2, 0.25) is 0 Å². The van der Waals surface area contributed by atoms with Gasteiger partial charge >= 0.3 is 5.97 Å². The summed E-state index contributed by atoms with van der Waals surface area (Å²) in [4.78, 5) is 11.0. The predicted octanol–water partition coefficient (Wildman–Crippen LogP) is 3.30. The molecule has 0 aliphatic rings. The molecule has 1 rings (SSSR count). The summed E-state index contributed by atoms with van der Waals surface area (Å²) in [7, 11) is 1.65. The molecule has 3 nitrogen and oxygen atoms in total. The van der Waals surface area contributed by atoms with Crippen molar-refractivity contribution in [2.75, 3.05) is 7.11 Å². The number of aliphatic carboxylic acids is 1. The molecule has 1 atom stereocenters. The molecule has 0 heterocycles. The molecule has 0 saturated heterocycles. The number of hydrogen-bond donors (Lipinski definition) is 1. The average Bonchev–Trinajstić information content (AvgIpc) is 2.38. The second kappa shape index (κ2) is 7.04. The molecule has 0 aliphatic heterocycles. The van der Waals surface area contributed by atoms with E-state index < -0.39 is 5.97 Å². The van der Waals surface area contributed by atoms with Gasteiger partial charge in [0.05, 0.1) is 13.0 Å². The van der Waals surface area contributed by atoms with Crippen LogP contribution >= 0.6 is 0 Å². The zero-order valence-electron chi connectivity index (χ0n) is 11.4. The summed E-state index contributed by atoms with van der Waals surface area (Å²) < 4.78 is 5.32. The molecule has 0 radical (unpaired) electrons. The lowest BCUT2D eigenvalue weighted by atomic mass is 9.95. The third kappa shape index (κ3) is 3.76. The van der Waals surface area contributed by atoms with Crippen molar-refractivity contribution in [3.8, 4) is 5.75 Å². The lowest BCUT2D eigenvalue weighted by Gasteiger charge is -2.13. The maximum absolute atomic E-state index is 11.0. The largest absolute Gasteiger partial charge is 0.496 e. The zero-order chi connectivity index (χ0) is 13.5. The van der Waals surface area contributed by atoms with Gasteiger partial charge in [0, 0.05) is 0 Å². The maximum atomic E-state index is 11.0. The standard InChI is InChI=1S/C15H22O3/c1-4-11-6-9-14(18-3)13(10-11)8-7-12(5-2)15(16)17/h6,9-10,12H,4-5,7-8H2,1-3H3,(H,16,17). The summed E-state index contributed by atoms with van der Waals surface area (Å²) in [5.74, 6) is -0.115. The summed E-state index contributed by atoms with van der Waals surface area (Å²) in [6.07, 6.45) is 3.06. The topological polar surface area (TPSA) is 46.5 Å². The molecule has 0 aromatic heterocycles. The van der Waals surface area contributed by atoms with E-state index in [0.717, 1.165) is 24.2 Å². The highest BCUT2D eigenvalue weighted by Crippen LogP contribution is 2.24. The number of benzene rings is 1. The van der Waals surface area contributed by atoms with Gasteiger partial charge in [0.2, 0.25) is 0 Å². The van der Waals surface area contributed by atoms with E-state index in [1.807, 2.05) is 13.0 Å². The highest BCUT2D eigenvalue weighted by Gasteiger charge is 2.15. The maximum Gasteiger partial charge on any atom is 0.306 e. The van der Waals surface area contributed by atoms with Crippen LogP contribution in [0.1, 0.15) is 37.8 Å². The van der Waals surface area contributed by atoms with Crippen molar-refractivity contribution in [1.29, 1.82) is 0 Å². The quantitative estimate of drug-likeness (QED) is 0.807. The summed E-state index contributed by atoms with van der Waals surface area (Å²) in [5, 5.41) is 9.05. The van der Waals surface area contributed by atoms with E-state index in [0.29, 0.717) is 12.8 Å². The highest BCUT2D eigenvalue weighted by atomic mass is 16.5. The van der Waals surface area contributed by atoms with E-state index in [1.165, 1.54) is 5.56 Å². The van der Waals surface area contributed by atoms with Crippen LogP contribution in [0.3, 0.4) is 0 Å². The molecule has 0 saturated carbocycles. The van der Waals surface area contributed by atoms with Crippen molar-refractivity contribution < 1.29 is 14.6 Å².